The molecule has 0 radical (unpaired) electrons. The number of hydrogen-bond acceptors (Lipinski definition) is 6. The Balaban J connectivity index is 1.91. The van der Waals surface area contributed by atoms with Crippen molar-refractivity contribution in [1.29, 1.82) is 0 Å². The highest BCUT2D eigenvalue weighted by Gasteiger charge is 2.31. The van der Waals surface area contributed by atoms with Crippen LogP contribution in [0.15, 0.2) is 24.3 Å². The summed E-state index contributed by atoms with van der Waals surface area (Å²) in [5.41, 5.74) is 0.728. The lowest BCUT2D eigenvalue weighted by atomic mass is 10.0. The summed E-state index contributed by atoms with van der Waals surface area (Å²) >= 11 is 0. The van der Waals surface area contributed by atoms with Crippen molar-refractivity contribution < 1.29 is 28.9 Å². The van der Waals surface area contributed by atoms with Crippen LogP contribution >= 0.6 is 0 Å². The van der Waals surface area contributed by atoms with Gasteiger partial charge in [0, 0.05) is 5.56 Å². The number of methoxy groups -OCH3 is 1. The Labute approximate surface area is 159 Å². The molecule has 1 aliphatic heterocycles. The molecule has 0 aromatic heterocycles. The van der Waals surface area contributed by atoms with E-state index in [1.54, 1.807) is 19.2 Å². The highest BCUT2D eigenvalue weighted by molar-refractivity contribution is 5.85. The quantitative estimate of drug-likeness (QED) is 0.632. The lowest BCUT2D eigenvalue weighted by Crippen LogP contribution is -2.51. The molecular formula is C19H28N2O6. The fourth-order valence-electron chi connectivity index (χ4n) is 2.85. The first kappa shape index (κ1) is 21.0. The van der Waals surface area contributed by atoms with Crippen molar-refractivity contribution in [1.82, 2.24) is 10.6 Å². The summed E-state index contributed by atoms with van der Waals surface area (Å²) < 4.78 is 15.5. The molecule has 8 heteroatoms. The van der Waals surface area contributed by atoms with Gasteiger partial charge in [-0.1, -0.05) is 32.0 Å². The third-order valence-corrected chi connectivity index (χ3v) is 4.26. The number of aliphatic hydroxyl groups is 1. The first-order valence-electron chi connectivity index (χ1n) is 9.06. The predicted octanol–water partition coefficient (Wildman–Crippen LogP) is 1.56. The average Bonchev–Trinajstić information content (AvgIpc) is 3.04. The Morgan fingerprint density at radius 1 is 1.33 bits per heavy atom. The number of nitrogens with one attached hydrogen (secondary N) is 2. The molecule has 1 aliphatic rings. The first-order valence-corrected chi connectivity index (χ1v) is 9.06. The van der Waals surface area contributed by atoms with Gasteiger partial charge < -0.3 is 30.0 Å². The van der Waals surface area contributed by atoms with Crippen LogP contribution in [0.3, 0.4) is 0 Å². The van der Waals surface area contributed by atoms with Crippen molar-refractivity contribution in [2.24, 2.45) is 5.92 Å². The summed E-state index contributed by atoms with van der Waals surface area (Å²) in [6.07, 6.45) is -0.741. The van der Waals surface area contributed by atoms with Gasteiger partial charge in [0.25, 0.3) is 0 Å². The Morgan fingerprint density at radius 2 is 2.07 bits per heavy atom. The molecule has 150 valence electrons. The van der Waals surface area contributed by atoms with Gasteiger partial charge in [-0.2, -0.15) is 0 Å². The first-order chi connectivity index (χ1) is 12.9. The zero-order valence-electron chi connectivity index (χ0n) is 15.9. The maximum absolute atomic E-state index is 12.5. The number of carbonyl (C=O) groups excluding carboxylic acids is 2. The summed E-state index contributed by atoms with van der Waals surface area (Å²) in [6, 6.07) is 5.99. The summed E-state index contributed by atoms with van der Waals surface area (Å²) in [6.45, 7) is 4.32. The number of ether oxygens (including phenoxy) is 3. The Hall–Kier alpha value is -2.32. The molecule has 1 unspecified atom stereocenters. The molecule has 0 aliphatic carbocycles. The molecule has 3 N–H and O–H groups in total. The minimum absolute atomic E-state index is 0.0288. The normalized spacial score (nSPS) is 20.2. The van der Waals surface area contributed by atoms with Crippen LogP contribution in [-0.4, -0.2) is 49.2 Å². The number of aliphatic hydroxyl groups excluding tert-OH is 1. The number of hydrogen-bond donors (Lipinski definition) is 3. The van der Waals surface area contributed by atoms with Crippen LogP contribution in [0.1, 0.15) is 32.3 Å². The van der Waals surface area contributed by atoms with Crippen LogP contribution in [0.25, 0.3) is 0 Å². The van der Waals surface area contributed by atoms with Gasteiger partial charge in [0.05, 0.1) is 19.8 Å². The van der Waals surface area contributed by atoms with Gasteiger partial charge in [0.15, 0.2) is 6.29 Å². The van der Waals surface area contributed by atoms with E-state index in [-0.39, 0.29) is 18.4 Å². The van der Waals surface area contributed by atoms with Crippen LogP contribution in [0, 0.1) is 5.92 Å². The lowest BCUT2D eigenvalue weighted by molar-refractivity contribution is -0.127. The molecule has 0 spiro atoms. The highest BCUT2D eigenvalue weighted by atomic mass is 16.6. The van der Waals surface area contributed by atoms with E-state index < -0.39 is 24.5 Å². The minimum atomic E-state index is -1.02. The minimum Gasteiger partial charge on any atom is -0.496 e. The van der Waals surface area contributed by atoms with Crippen LogP contribution in [0.5, 0.6) is 5.75 Å². The topological polar surface area (TPSA) is 106 Å². The Bertz CT molecular complexity index is 636. The SMILES string of the molecule is COc1ccccc1COC(=O)N[C@@H](CC(C)C)C(=O)N[C@H]1CCOC1O. The second-order valence-electron chi connectivity index (χ2n) is 6.88. The maximum atomic E-state index is 12.5. The van der Waals surface area contributed by atoms with Crippen molar-refractivity contribution in [3.8, 4) is 5.75 Å². The number of para-hydroxylation sites is 1. The third-order valence-electron chi connectivity index (χ3n) is 4.26. The third kappa shape index (κ3) is 6.41. The second-order valence-corrected chi connectivity index (χ2v) is 6.88. The molecule has 1 aromatic carbocycles. The van der Waals surface area contributed by atoms with Crippen molar-refractivity contribution in [3.63, 3.8) is 0 Å². The molecule has 1 heterocycles. The summed E-state index contributed by atoms with van der Waals surface area (Å²) in [7, 11) is 1.54. The van der Waals surface area contributed by atoms with E-state index in [9.17, 15) is 14.7 Å². The van der Waals surface area contributed by atoms with Crippen LogP contribution in [-0.2, 0) is 20.9 Å². The Morgan fingerprint density at radius 3 is 2.70 bits per heavy atom. The molecule has 1 saturated heterocycles. The largest absolute Gasteiger partial charge is 0.496 e. The van der Waals surface area contributed by atoms with E-state index in [1.807, 2.05) is 26.0 Å². The van der Waals surface area contributed by atoms with Crippen molar-refractivity contribution in [2.45, 2.75) is 51.7 Å². The Kier molecular flexibility index (Phi) is 7.87. The van der Waals surface area contributed by atoms with Crippen LogP contribution in [0.2, 0.25) is 0 Å². The van der Waals surface area contributed by atoms with Gasteiger partial charge in [-0.15, -0.1) is 0 Å². The van der Waals surface area contributed by atoms with Crippen molar-refractivity contribution >= 4 is 12.0 Å². The fraction of sp³-hybridized carbons (Fsp3) is 0.579. The van der Waals surface area contributed by atoms with E-state index in [1.165, 1.54) is 0 Å². The summed E-state index contributed by atoms with van der Waals surface area (Å²) in [5.74, 6) is 0.435. The second kappa shape index (κ2) is 10.1. The standard InChI is InChI=1S/C19H28N2O6/c1-12(2)10-15(17(22)20-14-8-9-26-18(14)23)21-19(24)27-11-13-6-4-5-7-16(13)25-3/h4-7,12,14-15,18,23H,8-11H2,1-3H3,(H,20,22)(H,21,24)/t14-,15-,18?/m0/s1. The van der Waals surface area contributed by atoms with Gasteiger partial charge in [-0.25, -0.2) is 4.79 Å². The molecule has 0 bridgehead atoms. The number of carbonyl (C=O) groups is 2. The molecule has 8 nitrogen and oxygen atoms in total. The summed E-state index contributed by atoms with van der Waals surface area (Å²) in [5, 5.41) is 15.0. The van der Waals surface area contributed by atoms with E-state index in [0.29, 0.717) is 25.2 Å². The van der Waals surface area contributed by atoms with Gasteiger partial charge >= 0.3 is 6.09 Å². The van der Waals surface area contributed by atoms with E-state index in [4.69, 9.17) is 14.2 Å². The molecule has 2 amide bonds. The zero-order valence-corrected chi connectivity index (χ0v) is 15.9. The molecule has 1 aromatic rings. The van der Waals surface area contributed by atoms with Gasteiger partial charge in [-0.05, 0) is 24.8 Å². The predicted molar refractivity (Wildman–Crippen MR) is 98.1 cm³/mol. The molecule has 1 fully saturated rings. The fourth-order valence-corrected chi connectivity index (χ4v) is 2.85. The van der Waals surface area contributed by atoms with Crippen molar-refractivity contribution in [2.75, 3.05) is 13.7 Å². The smallest absolute Gasteiger partial charge is 0.408 e. The average molecular weight is 380 g/mol. The molecule has 3 atom stereocenters. The van der Waals surface area contributed by atoms with Crippen LogP contribution < -0.4 is 15.4 Å². The molecular weight excluding hydrogens is 352 g/mol. The summed E-state index contributed by atoms with van der Waals surface area (Å²) in [4.78, 5) is 24.7. The monoisotopic (exact) mass is 380 g/mol. The van der Waals surface area contributed by atoms with Crippen molar-refractivity contribution in [3.05, 3.63) is 29.8 Å². The number of benzene rings is 1. The van der Waals surface area contributed by atoms with Crippen LogP contribution in [0.4, 0.5) is 4.79 Å². The maximum Gasteiger partial charge on any atom is 0.408 e. The van der Waals surface area contributed by atoms with E-state index >= 15 is 0 Å². The molecule has 0 saturated carbocycles. The van der Waals surface area contributed by atoms with Gasteiger partial charge in [0.1, 0.15) is 18.4 Å². The molecule has 2 rings (SSSR count). The molecule has 27 heavy (non-hydrogen) atoms. The number of alkyl carbamates (subject to hydrolysis) is 1. The zero-order chi connectivity index (χ0) is 19.8. The van der Waals surface area contributed by atoms with Gasteiger partial charge in [-0.3, -0.25) is 4.79 Å². The van der Waals surface area contributed by atoms with E-state index in [2.05, 4.69) is 10.6 Å². The lowest BCUT2D eigenvalue weighted by Gasteiger charge is -2.23. The van der Waals surface area contributed by atoms with Gasteiger partial charge in [0.2, 0.25) is 5.91 Å². The number of amides is 2. The number of rotatable bonds is 8. The van der Waals surface area contributed by atoms with E-state index in [0.717, 1.165) is 5.56 Å². The highest BCUT2D eigenvalue weighted by Crippen LogP contribution is 2.18.